The fourth-order valence-electron chi connectivity index (χ4n) is 2.16. The molecule has 0 radical (unpaired) electrons. The molecule has 2 heterocycles. The van der Waals surface area contributed by atoms with Crippen LogP contribution in [0.1, 0.15) is 26.2 Å². The summed E-state index contributed by atoms with van der Waals surface area (Å²) in [6.07, 6.45) is 3.51. The lowest BCUT2D eigenvalue weighted by molar-refractivity contribution is -0.137. The third kappa shape index (κ3) is 1.16. The van der Waals surface area contributed by atoms with Crippen molar-refractivity contribution >= 4 is 0 Å². The zero-order valence-corrected chi connectivity index (χ0v) is 7.71. The summed E-state index contributed by atoms with van der Waals surface area (Å²) in [6.45, 7) is 2.73. The van der Waals surface area contributed by atoms with Gasteiger partial charge in [-0.25, -0.2) is 0 Å². The van der Waals surface area contributed by atoms with Crippen LogP contribution in [0.2, 0.25) is 0 Å². The monoisotopic (exact) mass is 172 g/mol. The van der Waals surface area contributed by atoms with Gasteiger partial charge >= 0.3 is 0 Å². The minimum atomic E-state index is -0.141. The lowest BCUT2D eigenvalue weighted by Crippen LogP contribution is -2.44. The summed E-state index contributed by atoms with van der Waals surface area (Å²) in [5.74, 6) is 0. The summed E-state index contributed by atoms with van der Waals surface area (Å²) < 4.78 is 16.6. The predicted octanol–water partition coefficient (Wildman–Crippen LogP) is 1.32. The molecule has 3 heteroatoms. The lowest BCUT2D eigenvalue weighted by atomic mass is 9.91. The van der Waals surface area contributed by atoms with Crippen molar-refractivity contribution in [2.75, 3.05) is 13.7 Å². The van der Waals surface area contributed by atoms with E-state index in [-0.39, 0.29) is 18.0 Å². The molecule has 2 saturated heterocycles. The molecular formula is C9H16O3. The summed E-state index contributed by atoms with van der Waals surface area (Å²) in [4.78, 5) is 0. The molecule has 3 nitrogen and oxygen atoms in total. The second kappa shape index (κ2) is 2.98. The van der Waals surface area contributed by atoms with Crippen molar-refractivity contribution < 1.29 is 14.2 Å². The van der Waals surface area contributed by atoms with E-state index in [1.165, 1.54) is 6.42 Å². The van der Waals surface area contributed by atoms with Crippen molar-refractivity contribution in [2.24, 2.45) is 0 Å². The van der Waals surface area contributed by atoms with Crippen molar-refractivity contribution in [1.82, 2.24) is 0 Å². The molecule has 2 aliphatic rings. The molecule has 2 rings (SSSR count). The van der Waals surface area contributed by atoms with Crippen LogP contribution in [0.5, 0.6) is 0 Å². The van der Waals surface area contributed by atoms with E-state index < -0.39 is 0 Å². The van der Waals surface area contributed by atoms with Gasteiger partial charge in [0.1, 0.15) is 5.60 Å². The zero-order chi connectivity index (χ0) is 8.60. The van der Waals surface area contributed by atoms with Crippen molar-refractivity contribution in [2.45, 2.75) is 44.2 Å². The zero-order valence-electron chi connectivity index (χ0n) is 7.71. The molecule has 12 heavy (non-hydrogen) atoms. The topological polar surface area (TPSA) is 27.7 Å². The van der Waals surface area contributed by atoms with Crippen molar-refractivity contribution in [3.63, 3.8) is 0 Å². The molecule has 0 aromatic heterocycles. The molecule has 70 valence electrons. The molecule has 2 aliphatic heterocycles. The molecule has 0 N–H and O–H groups in total. The summed E-state index contributed by atoms with van der Waals surface area (Å²) in [6, 6.07) is 0. The molecule has 3 atom stereocenters. The Hall–Kier alpha value is -0.120. The number of rotatable bonds is 2. The van der Waals surface area contributed by atoms with Crippen molar-refractivity contribution in [1.29, 1.82) is 0 Å². The second-order valence-electron chi connectivity index (χ2n) is 3.72. The fourth-order valence-corrected chi connectivity index (χ4v) is 2.16. The Kier molecular flexibility index (Phi) is 2.10. The average Bonchev–Trinajstić information content (AvgIpc) is 2.24. The highest BCUT2D eigenvalue weighted by molar-refractivity contribution is 4.94. The quantitative estimate of drug-likeness (QED) is 0.628. The first-order chi connectivity index (χ1) is 5.77. The molecule has 0 unspecified atom stereocenters. The number of fused-ring (bicyclic) bond motifs is 2. The molecular weight excluding hydrogens is 156 g/mol. The molecule has 0 aromatic rings. The first-order valence-corrected chi connectivity index (χ1v) is 4.59. The van der Waals surface area contributed by atoms with E-state index in [2.05, 4.69) is 6.92 Å². The largest absolute Gasteiger partial charge is 0.382 e. The highest BCUT2D eigenvalue weighted by Crippen LogP contribution is 2.40. The Morgan fingerprint density at radius 2 is 2.42 bits per heavy atom. The van der Waals surface area contributed by atoms with Crippen LogP contribution < -0.4 is 0 Å². The fraction of sp³-hybridized carbons (Fsp3) is 1.00. The van der Waals surface area contributed by atoms with Crippen molar-refractivity contribution in [3.8, 4) is 0 Å². The van der Waals surface area contributed by atoms with Crippen LogP contribution in [0.4, 0.5) is 0 Å². The van der Waals surface area contributed by atoms with Gasteiger partial charge < -0.3 is 14.2 Å². The standard InChI is InChI=1S/C9H16O3/c1-7-9(6-10-2)5-3-4-8(11-7)12-9/h7-8H,3-6H2,1-2H3/t7-,8+,9+/m0/s1. The van der Waals surface area contributed by atoms with Gasteiger partial charge in [0.05, 0.1) is 12.7 Å². The first-order valence-electron chi connectivity index (χ1n) is 4.59. The van der Waals surface area contributed by atoms with Crippen LogP contribution in [-0.4, -0.2) is 31.7 Å². The maximum Gasteiger partial charge on any atom is 0.159 e. The summed E-state index contributed by atoms with van der Waals surface area (Å²) in [5, 5.41) is 0. The van der Waals surface area contributed by atoms with E-state index in [0.29, 0.717) is 6.61 Å². The van der Waals surface area contributed by atoms with Gasteiger partial charge in [0, 0.05) is 7.11 Å². The summed E-state index contributed by atoms with van der Waals surface area (Å²) in [7, 11) is 1.72. The van der Waals surface area contributed by atoms with E-state index >= 15 is 0 Å². The average molecular weight is 172 g/mol. The van der Waals surface area contributed by atoms with Crippen LogP contribution in [0.15, 0.2) is 0 Å². The highest BCUT2D eigenvalue weighted by atomic mass is 16.7. The van der Waals surface area contributed by atoms with E-state index in [1.54, 1.807) is 7.11 Å². The summed E-state index contributed by atoms with van der Waals surface area (Å²) in [5.41, 5.74) is -0.141. The van der Waals surface area contributed by atoms with E-state index in [0.717, 1.165) is 12.8 Å². The number of hydrogen-bond donors (Lipinski definition) is 0. The predicted molar refractivity (Wildman–Crippen MR) is 43.9 cm³/mol. The SMILES string of the molecule is COC[C@]12CCC[C@H](O[C@H]1C)O2. The van der Waals surface area contributed by atoms with Gasteiger partial charge in [-0.15, -0.1) is 0 Å². The molecule has 0 aromatic carbocycles. The molecule has 2 bridgehead atoms. The lowest BCUT2D eigenvalue weighted by Gasteiger charge is -2.32. The van der Waals surface area contributed by atoms with Crippen LogP contribution in [0, 0.1) is 0 Å². The van der Waals surface area contributed by atoms with E-state index in [9.17, 15) is 0 Å². The number of hydrogen-bond acceptors (Lipinski definition) is 3. The Bertz CT molecular complexity index is 167. The molecule has 0 saturated carbocycles. The Labute approximate surface area is 73.0 Å². The van der Waals surface area contributed by atoms with E-state index in [4.69, 9.17) is 14.2 Å². The van der Waals surface area contributed by atoms with Crippen molar-refractivity contribution in [3.05, 3.63) is 0 Å². The third-order valence-electron chi connectivity index (χ3n) is 2.89. The van der Waals surface area contributed by atoms with Gasteiger partial charge in [0.25, 0.3) is 0 Å². The highest BCUT2D eigenvalue weighted by Gasteiger charge is 2.49. The van der Waals surface area contributed by atoms with Gasteiger partial charge in [-0.05, 0) is 26.2 Å². The normalized spacial score (nSPS) is 46.5. The van der Waals surface area contributed by atoms with Crippen LogP contribution in [0.3, 0.4) is 0 Å². The van der Waals surface area contributed by atoms with Crippen LogP contribution >= 0.6 is 0 Å². The molecule has 0 aliphatic carbocycles. The maximum atomic E-state index is 5.79. The van der Waals surface area contributed by atoms with Gasteiger partial charge in [-0.1, -0.05) is 0 Å². The minimum Gasteiger partial charge on any atom is -0.382 e. The smallest absolute Gasteiger partial charge is 0.159 e. The Morgan fingerprint density at radius 1 is 1.58 bits per heavy atom. The van der Waals surface area contributed by atoms with E-state index in [1.807, 2.05) is 0 Å². The molecule has 0 spiro atoms. The number of ether oxygens (including phenoxy) is 3. The first kappa shape index (κ1) is 8.48. The second-order valence-corrected chi connectivity index (χ2v) is 3.72. The van der Waals surface area contributed by atoms with Crippen LogP contribution in [0.25, 0.3) is 0 Å². The van der Waals surface area contributed by atoms with Gasteiger partial charge in [0.15, 0.2) is 6.29 Å². The molecule has 0 amide bonds. The Balaban J connectivity index is 2.11. The maximum absolute atomic E-state index is 5.79. The molecule has 2 fully saturated rings. The Morgan fingerprint density at radius 3 is 3.17 bits per heavy atom. The number of methoxy groups -OCH3 is 1. The van der Waals surface area contributed by atoms with Gasteiger partial charge in [-0.2, -0.15) is 0 Å². The van der Waals surface area contributed by atoms with Gasteiger partial charge in [-0.3, -0.25) is 0 Å². The summed E-state index contributed by atoms with van der Waals surface area (Å²) >= 11 is 0. The van der Waals surface area contributed by atoms with Crippen LogP contribution in [-0.2, 0) is 14.2 Å². The van der Waals surface area contributed by atoms with Gasteiger partial charge in [0.2, 0.25) is 0 Å². The third-order valence-corrected chi connectivity index (χ3v) is 2.89. The minimum absolute atomic E-state index is 0.0314.